The van der Waals surface area contributed by atoms with Crippen LogP contribution in [0, 0.1) is 11.8 Å². The molecule has 0 aromatic heterocycles. The summed E-state index contributed by atoms with van der Waals surface area (Å²) in [4.78, 5) is 9.89. The molecule has 0 N–H and O–H groups in total. The van der Waals surface area contributed by atoms with Crippen molar-refractivity contribution in [3.63, 3.8) is 0 Å². The van der Waals surface area contributed by atoms with Gasteiger partial charge in [0.25, 0.3) is 6.47 Å². The molecule has 0 fully saturated rings. The van der Waals surface area contributed by atoms with Crippen LogP contribution in [-0.4, -0.2) is 13.1 Å². The number of ether oxygens (including phenoxy) is 1. The minimum atomic E-state index is 0.531. The van der Waals surface area contributed by atoms with Crippen molar-refractivity contribution in [2.75, 3.05) is 6.61 Å². The largest absolute Gasteiger partial charge is 0.468 e. The van der Waals surface area contributed by atoms with Gasteiger partial charge in [-0.3, -0.25) is 4.79 Å². The third-order valence-electron chi connectivity index (χ3n) is 1.78. The molecule has 0 aliphatic heterocycles. The van der Waals surface area contributed by atoms with E-state index >= 15 is 0 Å². The van der Waals surface area contributed by atoms with E-state index in [0.29, 0.717) is 24.9 Å². The second-order valence-electron chi connectivity index (χ2n) is 3.33. The molecule has 0 aromatic rings. The molecule has 0 rings (SSSR count). The molecule has 66 valence electrons. The van der Waals surface area contributed by atoms with Gasteiger partial charge in [-0.2, -0.15) is 0 Å². The molecular formula is C9H18O2. The van der Waals surface area contributed by atoms with E-state index in [1.165, 1.54) is 0 Å². The normalized spacial score (nSPS) is 13.1. The lowest BCUT2D eigenvalue weighted by molar-refractivity contribution is -0.130. The smallest absolute Gasteiger partial charge is 0.293 e. The van der Waals surface area contributed by atoms with Crippen molar-refractivity contribution < 1.29 is 9.53 Å². The predicted octanol–water partition coefficient (Wildman–Crippen LogP) is 2.23. The van der Waals surface area contributed by atoms with Crippen LogP contribution in [0.4, 0.5) is 0 Å². The van der Waals surface area contributed by atoms with Crippen molar-refractivity contribution in [2.45, 2.75) is 33.6 Å². The van der Waals surface area contributed by atoms with Gasteiger partial charge in [0.2, 0.25) is 0 Å². The second kappa shape index (κ2) is 6.20. The maximum absolute atomic E-state index is 9.89. The molecule has 0 spiro atoms. The molecule has 2 nitrogen and oxygen atoms in total. The Morgan fingerprint density at radius 1 is 1.45 bits per heavy atom. The maximum atomic E-state index is 9.89. The SMILES string of the molecule is CCC(COC=O)CC(C)C. The molecule has 2 heteroatoms. The first kappa shape index (κ1) is 10.5. The van der Waals surface area contributed by atoms with Crippen LogP contribution < -0.4 is 0 Å². The van der Waals surface area contributed by atoms with E-state index < -0.39 is 0 Å². The Balaban J connectivity index is 3.48. The lowest BCUT2D eigenvalue weighted by Gasteiger charge is -2.15. The molecule has 1 atom stereocenters. The highest BCUT2D eigenvalue weighted by molar-refractivity contribution is 5.36. The Labute approximate surface area is 68.9 Å². The minimum absolute atomic E-state index is 0.531. The summed E-state index contributed by atoms with van der Waals surface area (Å²) in [6.07, 6.45) is 2.23. The molecule has 0 aliphatic rings. The molecule has 0 saturated heterocycles. The van der Waals surface area contributed by atoms with Crippen molar-refractivity contribution in [3.8, 4) is 0 Å². The van der Waals surface area contributed by atoms with Crippen LogP contribution in [0.1, 0.15) is 33.6 Å². The zero-order valence-corrected chi connectivity index (χ0v) is 7.67. The van der Waals surface area contributed by atoms with Gasteiger partial charge in [0.15, 0.2) is 0 Å². The van der Waals surface area contributed by atoms with E-state index in [1.807, 2.05) is 0 Å². The van der Waals surface area contributed by atoms with Gasteiger partial charge in [-0.15, -0.1) is 0 Å². The summed E-state index contributed by atoms with van der Waals surface area (Å²) in [6.45, 7) is 7.61. The zero-order chi connectivity index (χ0) is 8.69. The highest BCUT2D eigenvalue weighted by atomic mass is 16.5. The van der Waals surface area contributed by atoms with Crippen LogP contribution in [-0.2, 0) is 9.53 Å². The van der Waals surface area contributed by atoms with Crippen molar-refractivity contribution in [1.29, 1.82) is 0 Å². The molecule has 11 heavy (non-hydrogen) atoms. The maximum Gasteiger partial charge on any atom is 0.293 e. The first-order chi connectivity index (χ1) is 5.20. The Morgan fingerprint density at radius 3 is 2.45 bits per heavy atom. The van der Waals surface area contributed by atoms with Crippen LogP contribution in [0.25, 0.3) is 0 Å². The lowest BCUT2D eigenvalue weighted by Crippen LogP contribution is -2.10. The zero-order valence-electron chi connectivity index (χ0n) is 7.67. The van der Waals surface area contributed by atoms with E-state index in [9.17, 15) is 4.79 Å². The van der Waals surface area contributed by atoms with Gasteiger partial charge in [-0.05, 0) is 18.3 Å². The van der Waals surface area contributed by atoms with Gasteiger partial charge >= 0.3 is 0 Å². The molecule has 0 radical (unpaired) electrons. The minimum Gasteiger partial charge on any atom is -0.468 e. The predicted molar refractivity (Wildman–Crippen MR) is 45.3 cm³/mol. The summed E-state index contributed by atoms with van der Waals surface area (Å²) in [5, 5.41) is 0. The van der Waals surface area contributed by atoms with Gasteiger partial charge in [-0.25, -0.2) is 0 Å². The molecule has 0 heterocycles. The monoisotopic (exact) mass is 158 g/mol. The van der Waals surface area contributed by atoms with E-state index in [2.05, 4.69) is 20.8 Å². The topological polar surface area (TPSA) is 26.3 Å². The van der Waals surface area contributed by atoms with Crippen LogP contribution >= 0.6 is 0 Å². The molecule has 0 bridgehead atoms. The molecule has 0 aromatic carbocycles. The summed E-state index contributed by atoms with van der Waals surface area (Å²) < 4.78 is 4.71. The third kappa shape index (κ3) is 5.89. The van der Waals surface area contributed by atoms with E-state index in [0.717, 1.165) is 12.8 Å². The number of carbonyl (C=O) groups is 1. The fraction of sp³-hybridized carbons (Fsp3) is 0.889. The first-order valence-corrected chi connectivity index (χ1v) is 4.25. The Morgan fingerprint density at radius 2 is 2.09 bits per heavy atom. The van der Waals surface area contributed by atoms with Crippen LogP contribution in [0.15, 0.2) is 0 Å². The highest BCUT2D eigenvalue weighted by Gasteiger charge is 2.08. The molecular weight excluding hydrogens is 140 g/mol. The van der Waals surface area contributed by atoms with Crippen molar-refractivity contribution in [1.82, 2.24) is 0 Å². The van der Waals surface area contributed by atoms with Crippen molar-refractivity contribution in [2.24, 2.45) is 11.8 Å². The van der Waals surface area contributed by atoms with Crippen LogP contribution in [0.3, 0.4) is 0 Å². The van der Waals surface area contributed by atoms with Gasteiger partial charge < -0.3 is 4.74 Å². The average Bonchev–Trinajstić information content (AvgIpc) is 1.97. The quantitative estimate of drug-likeness (QED) is 0.554. The van der Waals surface area contributed by atoms with Crippen molar-refractivity contribution >= 4 is 6.47 Å². The van der Waals surface area contributed by atoms with E-state index in [-0.39, 0.29) is 0 Å². The lowest BCUT2D eigenvalue weighted by atomic mass is 9.96. The standard InChI is InChI=1S/C9H18O2/c1-4-9(5-8(2)3)6-11-7-10/h7-9H,4-6H2,1-3H3. The Bertz CT molecular complexity index is 99.7. The fourth-order valence-corrected chi connectivity index (χ4v) is 1.19. The molecule has 0 amide bonds. The molecule has 0 saturated carbocycles. The summed E-state index contributed by atoms with van der Waals surface area (Å²) in [7, 11) is 0. The van der Waals surface area contributed by atoms with E-state index in [4.69, 9.17) is 4.74 Å². The number of hydrogen-bond acceptors (Lipinski definition) is 2. The van der Waals surface area contributed by atoms with Crippen LogP contribution in [0.2, 0.25) is 0 Å². The number of carbonyl (C=O) groups excluding carboxylic acids is 1. The Kier molecular flexibility index (Phi) is 5.90. The molecule has 0 aliphatic carbocycles. The highest BCUT2D eigenvalue weighted by Crippen LogP contribution is 2.14. The van der Waals surface area contributed by atoms with Crippen molar-refractivity contribution in [3.05, 3.63) is 0 Å². The number of hydrogen-bond donors (Lipinski definition) is 0. The van der Waals surface area contributed by atoms with Gasteiger partial charge in [0, 0.05) is 0 Å². The summed E-state index contributed by atoms with van der Waals surface area (Å²) in [5.74, 6) is 1.23. The average molecular weight is 158 g/mol. The Hall–Kier alpha value is -0.530. The van der Waals surface area contributed by atoms with Gasteiger partial charge in [-0.1, -0.05) is 27.2 Å². The summed E-state index contributed by atoms with van der Waals surface area (Å²) in [6, 6.07) is 0. The second-order valence-corrected chi connectivity index (χ2v) is 3.33. The fourth-order valence-electron chi connectivity index (χ4n) is 1.19. The first-order valence-electron chi connectivity index (χ1n) is 4.25. The summed E-state index contributed by atoms with van der Waals surface area (Å²) >= 11 is 0. The van der Waals surface area contributed by atoms with E-state index in [1.54, 1.807) is 0 Å². The van der Waals surface area contributed by atoms with Gasteiger partial charge in [0.05, 0.1) is 6.61 Å². The molecule has 1 unspecified atom stereocenters. The number of rotatable bonds is 6. The van der Waals surface area contributed by atoms with Crippen LogP contribution in [0.5, 0.6) is 0 Å². The third-order valence-corrected chi connectivity index (χ3v) is 1.78. The van der Waals surface area contributed by atoms with Gasteiger partial charge in [0.1, 0.15) is 0 Å². The summed E-state index contributed by atoms with van der Waals surface area (Å²) in [5.41, 5.74) is 0.